The number of aryl methyl sites for hydroxylation is 1. The van der Waals surface area contributed by atoms with Gasteiger partial charge in [0.15, 0.2) is 5.69 Å². The number of benzene rings is 1. The van der Waals surface area contributed by atoms with Crippen molar-refractivity contribution in [3.63, 3.8) is 0 Å². The molecule has 3 aromatic rings. The van der Waals surface area contributed by atoms with Crippen LogP contribution >= 0.6 is 11.6 Å². The van der Waals surface area contributed by atoms with Crippen LogP contribution in [0.3, 0.4) is 0 Å². The van der Waals surface area contributed by atoms with Gasteiger partial charge < -0.3 is 5.32 Å². The number of hydrogen-bond donors (Lipinski definition) is 1. The lowest BCUT2D eigenvalue weighted by Gasteiger charge is -2.36. The Bertz CT molecular complexity index is 1460. The molecule has 2 saturated carbocycles. The molecule has 0 radical (unpaired) electrons. The van der Waals surface area contributed by atoms with Gasteiger partial charge >= 0.3 is 0 Å². The number of fused-ring (bicyclic) bond motifs is 1. The molecule has 0 bridgehead atoms. The summed E-state index contributed by atoms with van der Waals surface area (Å²) in [6.07, 6.45) is 5.79. The molecule has 11 heteroatoms. The van der Waals surface area contributed by atoms with Crippen molar-refractivity contribution in [1.29, 1.82) is 5.26 Å². The van der Waals surface area contributed by atoms with Crippen LogP contribution in [0.2, 0.25) is 5.02 Å². The first-order valence-electron chi connectivity index (χ1n) is 12.4. The van der Waals surface area contributed by atoms with Gasteiger partial charge in [0, 0.05) is 41.0 Å². The van der Waals surface area contributed by atoms with Crippen molar-refractivity contribution in [1.82, 2.24) is 30.3 Å². The Kier molecular flexibility index (Phi) is 5.68. The van der Waals surface area contributed by atoms with E-state index in [0.29, 0.717) is 29.0 Å². The molecule has 2 amide bonds. The maximum atomic E-state index is 12.8. The number of rotatable bonds is 6. The minimum absolute atomic E-state index is 0.00637. The predicted molar refractivity (Wildman–Crippen MR) is 134 cm³/mol. The Labute approximate surface area is 218 Å². The molecule has 1 saturated heterocycles. The summed E-state index contributed by atoms with van der Waals surface area (Å²) in [5.74, 6) is 1.06. The fraction of sp³-hybridized carbons (Fsp3) is 0.423. The van der Waals surface area contributed by atoms with Gasteiger partial charge in [-0.05, 0) is 68.7 Å². The van der Waals surface area contributed by atoms with Gasteiger partial charge in [-0.15, -0.1) is 5.10 Å². The van der Waals surface area contributed by atoms with E-state index in [0.717, 1.165) is 36.1 Å². The average Bonchev–Trinajstić information content (AvgIpc) is 3.31. The number of anilines is 1. The first-order chi connectivity index (χ1) is 17.8. The molecule has 2 aliphatic carbocycles. The van der Waals surface area contributed by atoms with E-state index in [9.17, 15) is 14.9 Å². The zero-order valence-electron chi connectivity index (χ0n) is 20.4. The third kappa shape index (κ3) is 4.23. The van der Waals surface area contributed by atoms with Crippen LogP contribution in [0.1, 0.15) is 71.0 Å². The lowest BCUT2D eigenvalue weighted by molar-refractivity contribution is -0.118. The quantitative estimate of drug-likeness (QED) is 0.532. The molecule has 37 heavy (non-hydrogen) atoms. The number of nitriles is 1. The van der Waals surface area contributed by atoms with E-state index in [1.807, 2.05) is 19.9 Å². The SMILES string of the molecule is Cc1nc(N2C[C@H]3C[C@H]3C2=O)ncc1[C@H](C)n1cc(C(=O)N[C@H]2C[C@@H](c3cc(Cl)ccc3C#N)C2)nn1. The van der Waals surface area contributed by atoms with Crippen LogP contribution in [-0.4, -0.2) is 49.4 Å². The van der Waals surface area contributed by atoms with Gasteiger partial charge in [-0.2, -0.15) is 5.26 Å². The van der Waals surface area contributed by atoms with Crippen molar-refractivity contribution in [3.05, 3.63) is 63.7 Å². The fourth-order valence-corrected chi connectivity index (χ4v) is 5.58. The molecular formula is C26H25ClN8O2. The van der Waals surface area contributed by atoms with Crippen LogP contribution < -0.4 is 10.2 Å². The zero-order valence-corrected chi connectivity index (χ0v) is 21.2. The third-order valence-corrected chi connectivity index (χ3v) is 8.04. The molecule has 6 rings (SSSR count). The van der Waals surface area contributed by atoms with E-state index in [-0.39, 0.29) is 41.4 Å². The highest BCUT2D eigenvalue weighted by Gasteiger charge is 2.53. The van der Waals surface area contributed by atoms with E-state index in [1.165, 1.54) is 0 Å². The summed E-state index contributed by atoms with van der Waals surface area (Å²) in [5, 5.41) is 21.2. The van der Waals surface area contributed by atoms with Gasteiger partial charge in [0.1, 0.15) is 0 Å². The number of amides is 2. The van der Waals surface area contributed by atoms with Crippen molar-refractivity contribution in [2.75, 3.05) is 11.4 Å². The molecule has 1 aromatic carbocycles. The summed E-state index contributed by atoms with van der Waals surface area (Å²) in [7, 11) is 0. The molecule has 0 spiro atoms. The number of nitrogens with zero attached hydrogens (tertiary/aromatic N) is 7. The first-order valence-corrected chi connectivity index (χ1v) is 12.8. The maximum absolute atomic E-state index is 12.8. The maximum Gasteiger partial charge on any atom is 0.273 e. The second-order valence-corrected chi connectivity index (χ2v) is 10.6. The van der Waals surface area contributed by atoms with Crippen LogP contribution in [0.4, 0.5) is 5.95 Å². The smallest absolute Gasteiger partial charge is 0.273 e. The van der Waals surface area contributed by atoms with Crippen molar-refractivity contribution < 1.29 is 9.59 Å². The Balaban J connectivity index is 1.08. The second-order valence-electron chi connectivity index (χ2n) is 10.2. The average molecular weight is 517 g/mol. The largest absolute Gasteiger partial charge is 0.348 e. The van der Waals surface area contributed by atoms with Crippen LogP contribution in [-0.2, 0) is 4.79 Å². The fourth-order valence-electron chi connectivity index (χ4n) is 5.40. The first kappa shape index (κ1) is 23.6. The van der Waals surface area contributed by atoms with E-state index >= 15 is 0 Å². The predicted octanol–water partition coefficient (Wildman–Crippen LogP) is 3.17. The summed E-state index contributed by atoms with van der Waals surface area (Å²) in [4.78, 5) is 35.9. The lowest BCUT2D eigenvalue weighted by atomic mass is 9.74. The summed E-state index contributed by atoms with van der Waals surface area (Å²) in [6, 6.07) is 7.24. The Morgan fingerprint density at radius 1 is 1.30 bits per heavy atom. The van der Waals surface area contributed by atoms with Crippen LogP contribution in [0.5, 0.6) is 0 Å². The molecule has 0 unspecified atom stereocenters. The highest BCUT2D eigenvalue weighted by Crippen LogP contribution is 2.46. The topological polar surface area (TPSA) is 130 Å². The standard InChI is InChI=1S/C26H25ClN8O2/c1-13-22(10-29-26(30-13)34-11-17-7-21(17)25(34)37)14(2)35-12-23(32-33-35)24(36)31-19-5-16(6-19)20-8-18(27)4-3-15(20)9-28/h3-4,8,10,12,14,16-17,19,21H,5-7,11H2,1-2H3,(H,31,36)/t14-,16-,17+,19+,21+/m0/s1. The number of hydrogen-bond acceptors (Lipinski definition) is 7. The number of nitrogens with one attached hydrogen (secondary N) is 1. The van der Waals surface area contributed by atoms with Gasteiger partial charge in [-0.25, -0.2) is 14.6 Å². The van der Waals surface area contributed by atoms with Crippen LogP contribution in [0.15, 0.2) is 30.6 Å². The van der Waals surface area contributed by atoms with Gasteiger partial charge in [0.25, 0.3) is 5.91 Å². The zero-order chi connectivity index (χ0) is 25.8. The minimum atomic E-state index is -0.289. The summed E-state index contributed by atoms with van der Waals surface area (Å²) in [6.45, 7) is 4.51. The van der Waals surface area contributed by atoms with Gasteiger partial charge in [-0.3, -0.25) is 14.5 Å². The summed E-state index contributed by atoms with van der Waals surface area (Å²) >= 11 is 6.11. The second kappa shape index (κ2) is 8.92. The number of halogens is 1. The molecule has 3 aliphatic rings. The number of piperidine rings is 1. The highest BCUT2D eigenvalue weighted by atomic mass is 35.5. The summed E-state index contributed by atoms with van der Waals surface area (Å²) in [5.41, 5.74) is 3.37. The number of aromatic nitrogens is 5. The molecule has 3 heterocycles. The molecule has 3 atom stereocenters. The molecular weight excluding hydrogens is 492 g/mol. The number of carbonyl (C=O) groups is 2. The van der Waals surface area contributed by atoms with Gasteiger partial charge in [0.2, 0.25) is 11.9 Å². The molecule has 188 valence electrons. The van der Waals surface area contributed by atoms with Crippen molar-refractivity contribution in [3.8, 4) is 6.07 Å². The van der Waals surface area contributed by atoms with Gasteiger partial charge in [0.05, 0.1) is 23.9 Å². The van der Waals surface area contributed by atoms with Crippen molar-refractivity contribution in [2.45, 2.75) is 51.1 Å². The molecule has 1 aliphatic heterocycles. The summed E-state index contributed by atoms with van der Waals surface area (Å²) < 4.78 is 1.62. The van der Waals surface area contributed by atoms with E-state index in [2.05, 4.69) is 31.7 Å². The third-order valence-electron chi connectivity index (χ3n) is 7.81. The Morgan fingerprint density at radius 3 is 2.81 bits per heavy atom. The minimum Gasteiger partial charge on any atom is -0.348 e. The Hall–Kier alpha value is -3.84. The molecule has 2 aromatic heterocycles. The molecule has 3 fully saturated rings. The molecule has 1 N–H and O–H groups in total. The van der Waals surface area contributed by atoms with E-state index < -0.39 is 0 Å². The van der Waals surface area contributed by atoms with Crippen molar-refractivity contribution >= 4 is 29.4 Å². The van der Waals surface area contributed by atoms with Gasteiger partial charge in [-0.1, -0.05) is 16.8 Å². The number of carbonyl (C=O) groups excluding carboxylic acids is 2. The normalized spacial score (nSPS) is 24.7. The van der Waals surface area contributed by atoms with Crippen LogP contribution in [0, 0.1) is 30.1 Å². The van der Waals surface area contributed by atoms with E-state index in [1.54, 1.807) is 34.1 Å². The Morgan fingerprint density at radius 2 is 2.11 bits per heavy atom. The van der Waals surface area contributed by atoms with Crippen molar-refractivity contribution in [2.24, 2.45) is 11.8 Å². The lowest BCUT2D eigenvalue weighted by Crippen LogP contribution is -2.43. The molecule has 10 nitrogen and oxygen atoms in total. The van der Waals surface area contributed by atoms with E-state index in [4.69, 9.17) is 11.6 Å². The van der Waals surface area contributed by atoms with Crippen LogP contribution in [0.25, 0.3) is 0 Å². The highest BCUT2D eigenvalue weighted by molar-refractivity contribution is 6.30. The monoisotopic (exact) mass is 516 g/mol.